The summed E-state index contributed by atoms with van der Waals surface area (Å²) in [6, 6.07) is 15.7. The molecule has 148 valence electrons. The molecule has 5 nitrogen and oxygen atoms in total. The maximum atomic E-state index is 12.7. The second kappa shape index (κ2) is 9.75. The van der Waals surface area contributed by atoms with Crippen LogP contribution in [0.4, 0.5) is 5.69 Å². The molecule has 1 aliphatic heterocycles. The van der Waals surface area contributed by atoms with Crippen molar-refractivity contribution < 1.29 is 14.5 Å². The van der Waals surface area contributed by atoms with Crippen LogP contribution in [0.15, 0.2) is 53.4 Å². The van der Waals surface area contributed by atoms with Gasteiger partial charge >= 0.3 is 0 Å². The summed E-state index contributed by atoms with van der Waals surface area (Å²) in [4.78, 5) is 29.4. The van der Waals surface area contributed by atoms with Crippen molar-refractivity contribution in [1.82, 2.24) is 4.90 Å². The maximum Gasteiger partial charge on any atom is 0.279 e. The van der Waals surface area contributed by atoms with E-state index in [9.17, 15) is 9.59 Å². The zero-order chi connectivity index (χ0) is 19.9. The van der Waals surface area contributed by atoms with Gasteiger partial charge in [-0.2, -0.15) is 0 Å². The molecule has 0 spiro atoms. The number of aryl methyl sites for hydroxylation is 1. The molecular formula is C22H28N3O2S+. The molecule has 28 heavy (non-hydrogen) atoms. The van der Waals surface area contributed by atoms with Crippen LogP contribution < -0.4 is 10.2 Å². The third-order valence-corrected chi connectivity index (χ3v) is 5.92. The van der Waals surface area contributed by atoms with Gasteiger partial charge in [0, 0.05) is 16.1 Å². The lowest BCUT2D eigenvalue weighted by Crippen LogP contribution is -3.15. The van der Waals surface area contributed by atoms with E-state index in [0.717, 1.165) is 41.2 Å². The minimum atomic E-state index is 0.0309. The molecule has 1 saturated heterocycles. The third-order valence-electron chi connectivity index (χ3n) is 5.18. The van der Waals surface area contributed by atoms with Crippen LogP contribution in [-0.2, 0) is 11.2 Å². The molecule has 3 rings (SSSR count). The Morgan fingerprint density at radius 2 is 1.75 bits per heavy atom. The van der Waals surface area contributed by atoms with Crippen LogP contribution >= 0.6 is 11.8 Å². The van der Waals surface area contributed by atoms with Gasteiger partial charge in [0.05, 0.1) is 26.2 Å². The van der Waals surface area contributed by atoms with E-state index in [4.69, 9.17) is 0 Å². The summed E-state index contributed by atoms with van der Waals surface area (Å²) in [5.74, 6) is 0.108. The molecule has 1 fully saturated rings. The highest BCUT2D eigenvalue weighted by Gasteiger charge is 2.26. The first kappa shape index (κ1) is 20.4. The quantitative estimate of drug-likeness (QED) is 0.732. The van der Waals surface area contributed by atoms with E-state index in [1.54, 1.807) is 11.8 Å². The number of hydrogen-bond acceptors (Lipinski definition) is 3. The molecular weight excluding hydrogens is 370 g/mol. The van der Waals surface area contributed by atoms with Gasteiger partial charge in [-0.25, -0.2) is 0 Å². The highest BCUT2D eigenvalue weighted by Crippen LogP contribution is 2.16. The topological polar surface area (TPSA) is 53.9 Å². The smallest absolute Gasteiger partial charge is 0.279 e. The molecule has 0 saturated carbocycles. The number of nitrogens with zero attached hydrogens (tertiary/aromatic N) is 1. The first-order chi connectivity index (χ1) is 13.6. The van der Waals surface area contributed by atoms with E-state index in [1.165, 1.54) is 4.90 Å². The number of thioether (sulfide) groups is 1. The number of carbonyl (C=O) groups excluding carboxylic acids is 2. The lowest BCUT2D eigenvalue weighted by atomic mass is 10.1. The standard InChI is InChI=1S/C22H27N3O2S/c1-3-17-6-4-5-7-20(17)23-21(26)16-24-12-14-25(15-13-24)22(27)18-8-10-19(28-2)11-9-18/h4-11H,3,12-16H2,1-2H3,(H,23,26)/p+1. The summed E-state index contributed by atoms with van der Waals surface area (Å²) in [7, 11) is 0. The molecule has 0 bridgehead atoms. The van der Waals surface area contributed by atoms with Crippen LogP contribution in [0.1, 0.15) is 22.8 Å². The number of carbonyl (C=O) groups is 2. The first-order valence-corrected chi connectivity index (χ1v) is 11.0. The summed E-state index contributed by atoms with van der Waals surface area (Å²) in [5.41, 5.74) is 2.78. The van der Waals surface area contributed by atoms with Crippen molar-refractivity contribution in [3.8, 4) is 0 Å². The number of nitrogens with one attached hydrogen (secondary N) is 2. The summed E-state index contributed by atoms with van der Waals surface area (Å²) >= 11 is 1.67. The average Bonchev–Trinajstić information content (AvgIpc) is 2.74. The van der Waals surface area contributed by atoms with Gasteiger partial charge in [0.1, 0.15) is 0 Å². The fourth-order valence-electron chi connectivity index (χ4n) is 3.49. The highest BCUT2D eigenvalue weighted by atomic mass is 32.2. The van der Waals surface area contributed by atoms with Crippen LogP contribution in [0.25, 0.3) is 0 Å². The van der Waals surface area contributed by atoms with Crippen molar-refractivity contribution >= 4 is 29.3 Å². The highest BCUT2D eigenvalue weighted by molar-refractivity contribution is 7.98. The van der Waals surface area contributed by atoms with Gasteiger partial charge in [-0.15, -0.1) is 11.8 Å². The van der Waals surface area contributed by atoms with Gasteiger partial charge in [-0.3, -0.25) is 9.59 Å². The Kier molecular flexibility index (Phi) is 7.12. The SMILES string of the molecule is CCc1ccccc1NC(=O)C[NH+]1CCN(C(=O)c2ccc(SC)cc2)CC1. The van der Waals surface area contributed by atoms with E-state index in [2.05, 4.69) is 12.2 Å². The summed E-state index contributed by atoms with van der Waals surface area (Å²) in [6.45, 7) is 5.45. The molecule has 2 aromatic rings. The number of para-hydroxylation sites is 1. The Morgan fingerprint density at radius 3 is 2.39 bits per heavy atom. The van der Waals surface area contributed by atoms with E-state index in [-0.39, 0.29) is 11.8 Å². The number of hydrogen-bond donors (Lipinski definition) is 2. The number of piperazine rings is 1. The van der Waals surface area contributed by atoms with Crippen LogP contribution in [-0.4, -0.2) is 55.7 Å². The van der Waals surface area contributed by atoms with Crippen molar-refractivity contribution in [2.45, 2.75) is 18.2 Å². The summed E-state index contributed by atoms with van der Waals surface area (Å²) in [5, 5.41) is 3.04. The van der Waals surface area contributed by atoms with E-state index >= 15 is 0 Å². The molecule has 1 aliphatic rings. The largest absolute Gasteiger partial charge is 0.327 e. The molecule has 0 aliphatic carbocycles. The average molecular weight is 399 g/mol. The maximum absolute atomic E-state index is 12.7. The monoisotopic (exact) mass is 398 g/mol. The fourth-order valence-corrected chi connectivity index (χ4v) is 3.90. The number of anilines is 1. The second-order valence-electron chi connectivity index (χ2n) is 7.01. The molecule has 0 radical (unpaired) electrons. The minimum absolute atomic E-state index is 0.0309. The molecule has 0 aromatic heterocycles. The first-order valence-electron chi connectivity index (χ1n) is 9.75. The Morgan fingerprint density at radius 1 is 1.07 bits per heavy atom. The number of benzene rings is 2. The predicted molar refractivity (Wildman–Crippen MR) is 114 cm³/mol. The minimum Gasteiger partial charge on any atom is -0.327 e. The fraction of sp³-hybridized carbons (Fsp3) is 0.364. The molecule has 6 heteroatoms. The zero-order valence-corrected chi connectivity index (χ0v) is 17.3. The molecule has 0 unspecified atom stereocenters. The second-order valence-corrected chi connectivity index (χ2v) is 7.89. The van der Waals surface area contributed by atoms with Crippen molar-refractivity contribution in [1.29, 1.82) is 0 Å². The Labute approximate surface area is 171 Å². The van der Waals surface area contributed by atoms with Crippen molar-refractivity contribution in [3.63, 3.8) is 0 Å². The van der Waals surface area contributed by atoms with E-state index in [1.807, 2.05) is 59.7 Å². The Hall–Kier alpha value is -2.31. The molecule has 2 amide bonds. The molecule has 1 heterocycles. The van der Waals surface area contributed by atoms with Crippen LogP contribution in [0.3, 0.4) is 0 Å². The van der Waals surface area contributed by atoms with Gasteiger partial charge in [0.25, 0.3) is 11.8 Å². The lowest BCUT2D eigenvalue weighted by molar-refractivity contribution is -0.895. The van der Waals surface area contributed by atoms with Gasteiger partial charge < -0.3 is 15.1 Å². The predicted octanol–water partition coefficient (Wildman–Crippen LogP) is 1.95. The van der Waals surface area contributed by atoms with Crippen molar-refractivity contribution in [3.05, 3.63) is 59.7 Å². The van der Waals surface area contributed by atoms with Gasteiger partial charge in [0.2, 0.25) is 0 Å². The number of quaternary nitrogens is 1. The third kappa shape index (κ3) is 5.14. The van der Waals surface area contributed by atoms with E-state index in [0.29, 0.717) is 19.6 Å². The zero-order valence-electron chi connectivity index (χ0n) is 16.5. The Bertz CT molecular complexity index is 815. The lowest BCUT2D eigenvalue weighted by Gasteiger charge is -2.32. The van der Waals surface area contributed by atoms with Crippen LogP contribution in [0, 0.1) is 0 Å². The summed E-state index contributed by atoms with van der Waals surface area (Å²) in [6.07, 6.45) is 2.91. The van der Waals surface area contributed by atoms with Crippen molar-refractivity contribution in [2.75, 3.05) is 44.3 Å². The van der Waals surface area contributed by atoms with Crippen LogP contribution in [0.2, 0.25) is 0 Å². The van der Waals surface area contributed by atoms with Gasteiger partial charge in [-0.1, -0.05) is 25.1 Å². The normalized spacial score (nSPS) is 14.7. The number of amides is 2. The molecule has 2 aromatic carbocycles. The van der Waals surface area contributed by atoms with Gasteiger partial charge in [0.15, 0.2) is 6.54 Å². The van der Waals surface area contributed by atoms with Crippen molar-refractivity contribution in [2.24, 2.45) is 0 Å². The Balaban J connectivity index is 1.49. The summed E-state index contributed by atoms with van der Waals surface area (Å²) < 4.78 is 0. The number of rotatable bonds is 6. The molecule has 0 atom stereocenters. The van der Waals surface area contributed by atoms with E-state index < -0.39 is 0 Å². The molecule has 2 N–H and O–H groups in total. The van der Waals surface area contributed by atoms with Crippen LogP contribution in [0.5, 0.6) is 0 Å². The van der Waals surface area contributed by atoms with Gasteiger partial charge in [-0.05, 0) is 48.6 Å².